The van der Waals surface area contributed by atoms with E-state index in [0.717, 1.165) is 16.9 Å². The molecule has 1 saturated heterocycles. The van der Waals surface area contributed by atoms with Gasteiger partial charge in [-0.2, -0.15) is 0 Å². The van der Waals surface area contributed by atoms with Gasteiger partial charge < -0.3 is 9.88 Å². The number of fused-ring (bicyclic) bond motifs is 2. The Kier molecular flexibility index (Phi) is 3.53. The molecule has 1 amide bonds. The van der Waals surface area contributed by atoms with Crippen LogP contribution in [-0.4, -0.2) is 43.4 Å². The third kappa shape index (κ3) is 2.68. The van der Waals surface area contributed by atoms with E-state index in [9.17, 15) is 9.59 Å². The summed E-state index contributed by atoms with van der Waals surface area (Å²) in [6.45, 7) is 1.21. The molecule has 1 N–H and O–H groups in total. The summed E-state index contributed by atoms with van der Waals surface area (Å²) in [4.78, 5) is 39.0. The molecule has 0 radical (unpaired) electrons. The van der Waals surface area contributed by atoms with Crippen molar-refractivity contribution in [1.29, 1.82) is 0 Å². The van der Waals surface area contributed by atoms with Crippen molar-refractivity contribution >= 4 is 27.8 Å². The van der Waals surface area contributed by atoms with Crippen molar-refractivity contribution in [2.45, 2.75) is 12.5 Å². The molecule has 0 bridgehead atoms. The van der Waals surface area contributed by atoms with E-state index in [-0.39, 0.29) is 23.9 Å². The lowest BCUT2D eigenvalue weighted by Crippen LogP contribution is -2.50. The van der Waals surface area contributed by atoms with Gasteiger partial charge in [-0.1, -0.05) is 24.3 Å². The molecule has 0 atom stereocenters. The number of carbonyl (C=O) groups is 1. The molecule has 0 unspecified atom stereocenters. The predicted octanol–water partition coefficient (Wildman–Crippen LogP) is 1.90. The Balaban J connectivity index is 1.29. The van der Waals surface area contributed by atoms with Gasteiger partial charge in [0.2, 0.25) is 5.91 Å². The van der Waals surface area contributed by atoms with Gasteiger partial charge in [0.1, 0.15) is 12.4 Å². The highest BCUT2D eigenvalue weighted by Gasteiger charge is 2.33. The van der Waals surface area contributed by atoms with Crippen LogP contribution >= 0.6 is 0 Å². The summed E-state index contributed by atoms with van der Waals surface area (Å²) in [6, 6.07) is 15.0. The molecule has 27 heavy (non-hydrogen) atoms. The second-order valence-electron chi connectivity index (χ2n) is 6.83. The highest BCUT2D eigenvalue weighted by Crippen LogP contribution is 2.26. The quantitative estimate of drug-likeness (QED) is 0.605. The first-order valence-electron chi connectivity index (χ1n) is 8.85. The topological polar surface area (TPSA) is 83.9 Å². The Morgan fingerprint density at radius 3 is 2.63 bits per heavy atom. The van der Waals surface area contributed by atoms with Crippen LogP contribution in [0.1, 0.15) is 11.7 Å². The minimum atomic E-state index is -0.191. The van der Waals surface area contributed by atoms with E-state index in [1.165, 1.54) is 10.9 Å². The molecule has 3 heterocycles. The third-order valence-electron chi connectivity index (χ3n) is 5.07. The summed E-state index contributed by atoms with van der Waals surface area (Å²) in [5, 5.41) is 0.525. The van der Waals surface area contributed by atoms with Crippen molar-refractivity contribution in [2.75, 3.05) is 13.1 Å². The Morgan fingerprint density at radius 1 is 1.07 bits per heavy atom. The van der Waals surface area contributed by atoms with Gasteiger partial charge in [-0.3, -0.25) is 14.2 Å². The number of rotatable bonds is 3. The van der Waals surface area contributed by atoms with Gasteiger partial charge in [-0.15, -0.1) is 0 Å². The van der Waals surface area contributed by atoms with Crippen molar-refractivity contribution < 1.29 is 4.79 Å². The van der Waals surface area contributed by atoms with Gasteiger partial charge in [-0.05, 0) is 24.3 Å². The molecular formula is C20H17N5O2. The van der Waals surface area contributed by atoms with Gasteiger partial charge in [-0.25, -0.2) is 9.97 Å². The van der Waals surface area contributed by atoms with E-state index in [1.807, 2.05) is 30.3 Å². The van der Waals surface area contributed by atoms with E-state index in [4.69, 9.17) is 0 Å². The molecule has 2 aromatic heterocycles. The van der Waals surface area contributed by atoms with Crippen LogP contribution in [0.25, 0.3) is 21.9 Å². The zero-order valence-corrected chi connectivity index (χ0v) is 14.5. The van der Waals surface area contributed by atoms with Crippen LogP contribution in [0.5, 0.6) is 0 Å². The predicted molar refractivity (Wildman–Crippen MR) is 101 cm³/mol. The number of para-hydroxylation sites is 3. The highest BCUT2D eigenvalue weighted by atomic mass is 16.2. The van der Waals surface area contributed by atoms with Crippen LogP contribution in [0.2, 0.25) is 0 Å². The van der Waals surface area contributed by atoms with Crippen molar-refractivity contribution in [1.82, 2.24) is 24.4 Å². The largest absolute Gasteiger partial charge is 0.342 e. The number of hydrogen-bond donors (Lipinski definition) is 1. The molecule has 134 valence electrons. The van der Waals surface area contributed by atoms with E-state index in [1.54, 1.807) is 23.1 Å². The second kappa shape index (κ2) is 6.05. The fraction of sp³-hybridized carbons (Fsp3) is 0.200. The number of nitrogens with zero attached hydrogens (tertiary/aromatic N) is 4. The van der Waals surface area contributed by atoms with Crippen LogP contribution in [0.3, 0.4) is 0 Å². The number of nitrogens with one attached hydrogen (secondary N) is 1. The molecule has 2 aromatic carbocycles. The van der Waals surface area contributed by atoms with E-state index >= 15 is 0 Å². The Morgan fingerprint density at radius 2 is 1.81 bits per heavy atom. The molecule has 7 heteroatoms. The maximum atomic E-state index is 12.5. The summed E-state index contributed by atoms with van der Waals surface area (Å²) in [5.74, 6) is 1.03. The van der Waals surface area contributed by atoms with E-state index in [2.05, 4.69) is 15.0 Å². The minimum Gasteiger partial charge on any atom is -0.342 e. The number of aromatic nitrogens is 4. The molecule has 0 aliphatic carbocycles. The number of benzene rings is 2. The first kappa shape index (κ1) is 15.7. The second-order valence-corrected chi connectivity index (χ2v) is 6.83. The lowest BCUT2D eigenvalue weighted by molar-refractivity contribution is -0.136. The third-order valence-corrected chi connectivity index (χ3v) is 5.07. The fourth-order valence-corrected chi connectivity index (χ4v) is 3.49. The molecule has 0 spiro atoms. The summed E-state index contributed by atoms with van der Waals surface area (Å²) in [6.07, 6.45) is 1.44. The zero-order valence-electron chi connectivity index (χ0n) is 14.5. The normalized spacial score (nSPS) is 14.6. The zero-order chi connectivity index (χ0) is 18.4. The number of carbonyl (C=O) groups excluding carboxylic acids is 1. The molecule has 1 aliphatic heterocycles. The number of hydrogen-bond acceptors (Lipinski definition) is 4. The first-order chi connectivity index (χ1) is 13.2. The number of aromatic amines is 1. The van der Waals surface area contributed by atoms with Crippen molar-refractivity contribution in [3.8, 4) is 0 Å². The van der Waals surface area contributed by atoms with Crippen molar-refractivity contribution in [3.63, 3.8) is 0 Å². The molecule has 0 saturated carbocycles. The van der Waals surface area contributed by atoms with Crippen LogP contribution in [0.15, 0.2) is 59.7 Å². The molecular weight excluding hydrogens is 342 g/mol. The fourth-order valence-electron chi connectivity index (χ4n) is 3.49. The average molecular weight is 359 g/mol. The summed E-state index contributed by atoms with van der Waals surface area (Å²) in [7, 11) is 0. The highest BCUT2D eigenvalue weighted by molar-refractivity contribution is 5.80. The summed E-state index contributed by atoms with van der Waals surface area (Å²) in [5.41, 5.74) is 2.39. The van der Waals surface area contributed by atoms with E-state index < -0.39 is 0 Å². The first-order valence-corrected chi connectivity index (χ1v) is 8.85. The Labute approximate surface area is 154 Å². The smallest absolute Gasteiger partial charge is 0.261 e. The molecule has 1 fully saturated rings. The number of H-pyrrole nitrogens is 1. The molecule has 1 aliphatic rings. The molecule has 5 rings (SSSR count). The molecule has 4 aromatic rings. The lowest BCUT2D eigenvalue weighted by atomic mass is 9.99. The lowest BCUT2D eigenvalue weighted by Gasteiger charge is -2.38. The summed E-state index contributed by atoms with van der Waals surface area (Å²) < 4.78 is 1.37. The number of amides is 1. The molecule has 7 nitrogen and oxygen atoms in total. The standard InChI is InChI=1S/C20H17N5O2/c26-18(11-25-12-21-15-6-2-1-5-14(15)20(25)27)24-9-13(10-24)19-22-16-7-3-4-8-17(16)23-19/h1-8,12-13H,9-11H2,(H,22,23). The van der Waals surface area contributed by atoms with Crippen LogP contribution in [-0.2, 0) is 11.3 Å². The van der Waals surface area contributed by atoms with Gasteiger partial charge in [0.05, 0.1) is 34.2 Å². The van der Waals surface area contributed by atoms with Gasteiger partial charge in [0, 0.05) is 13.1 Å². The maximum Gasteiger partial charge on any atom is 0.261 e. The van der Waals surface area contributed by atoms with Crippen molar-refractivity contribution in [2.24, 2.45) is 0 Å². The number of imidazole rings is 1. The Hall–Kier alpha value is -3.48. The monoisotopic (exact) mass is 359 g/mol. The summed E-state index contributed by atoms with van der Waals surface area (Å²) >= 11 is 0. The average Bonchev–Trinajstić information content (AvgIpc) is 3.06. The maximum absolute atomic E-state index is 12.5. The van der Waals surface area contributed by atoms with Gasteiger partial charge >= 0.3 is 0 Å². The van der Waals surface area contributed by atoms with Gasteiger partial charge in [0.15, 0.2) is 0 Å². The minimum absolute atomic E-state index is 0.00349. The SMILES string of the molecule is O=C(Cn1cnc2ccccc2c1=O)N1CC(c2nc3ccccc3[nH]2)C1. The van der Waals surface area contributed by atoms with Crippen LogP contribution < -0.4 is 5.56 Å². The van der Waals surface area contributed by atoms with Crippen molar-refractivity contribution in [3.05, 3.63) is 71.0 Å². The van der Waals surface area contributed by atoms with Crippen LogP contribution in [0.4, 0.5) is 0 Å². The Bertz CT molecular complexity index is 1190. The van der Waals surface area contributed by atoms with Crippen LogP contribution in [0, 0.1) is 0 Å². The number of likely N-dealkylation sites (tertiary alicyclic amines) is 1. The van der Waals surface area contributed by atoms with Gasteiger partial charge in [0.25, 0.3) is 5.56 Å². The van der Waals surface area contributed by atoms with E-state index in [0.29, 0.717) is 24.0 Å².